The van der Waals surface area contributed by atoms with Crippen molar-refractivity contribution in [1.29, 1.82) is 0 Å². The second-order valence-electron chi connectivity index (χ2n) is 4.83. The van der Waals surface area contributed by atoms with Crippen molar-refractivity contribution in [3.8, 4) is 0 Å². The van der Waals surface area contributed by atoms with E-state index in [9.17, 15) is 9.59 Å². The van der Waals surface area contributed by atoms with Crippen LogP contribution in [-0.2, 0) is 0 Å². The molecule has 0 spiro atoms. The molecular formula is C13H19N3O2. The van der Waals surface area contributed by atoms with Crippen molar-refractivity contribution in [3.63, 3.8) is 0 Å². The zero-order chi connectivity index (χ0) is 13.1. The molecule has 2 rings (SSSR count). The molecule has 1 aliphatic carbocycles. The van der Waals surface area contributed by atoms with Gasteiger partial charge in [0, 0.05) is 31.5 Å². The number of amides is 1. The van der Waals surface area contributed by atoms with E-state index in [2.05, 4.69) is 4.98 Å². The van der Waals surface area contributed by atoms with E-state index in [1.165, 1.54) is 18.5 Å². The van der Waals surface area contributed by atoms with Gasteiger partial charge in [-0.2, -0.15) is 0 Å². The molecule has 18 heavy (non-hydrogen) atoms. The molecule has 5 nitrogen and oxygen atoms in total. The van der Waals surface area contributed by atoms with Gasteiger partial charge in [-0.3, -0.25) is 9.59 Å². The maximum Gasteiger partial charge on any atom is 0.259 e. The molecule has 2 atom stereocenters. The molecular weight excluding hydrogens is 230 g/mol. The van der Waals surface area contributed by atoms with Crippen LogP contribution >= 0.6 is 0 Å². The molecule has 0 saturated heterocycles. The van der Waals surface area contributed by atoms with Gasteiger partial charge in [0.25, 0.3) is 5.91 Å². The smallest absolute Gasteiger partial charge is 0.259 e. The van der Waals surface area contributed by atoms with Crippen LogP contribution in [0.3, 0.4) is 0 Å². The Hall–Kier alpha value is -1.62. The Bertz CT molecular complexity index is 483. The van der Waals surface area contributed by atoms with Gasteiger partial charge in [-0.1, -0.05) is 6.42 Å². The molecule has 1 aliphatic rings. The molecule has 1 aromatic heterocycles. The topological polar surface area (TPSA) is 79.2 Å². The van der Waals surface area contributed by atoms with Crippen molar-refractivity contribution >= 4 is 5.91 Å². The van der Waals surface area contributed by atoms with Gasteiger partial charge in [0.2, 0.25) is 0 Å². The van der Waals surface area contributed by atoms with Crippen molar-refractivity contribution in [2.75, 3.05) is 13.6 Å². The zero-order valence-corrected chi connectivity index (χ0v) is 10.6. The van der Waals surface area contributed by atoms with Crippen LogP contribution in [0.15, 0.2) is 23.3 Å². The monoisotopic (exact) mass is 249 g/mol. The molecule has 5 heteroatoms. The number of nitrogens with two attached hydrogens (primary N) is 1. The van der Waals surface area contributed by atoms with Crippen molar-refractivity contribution in [1.82, 2.24) is 9.88 Å². The minimum atomic E-state index is -0.243. The lowest BCUT2D eigenvalue weighted by molar-refractivity contribution is 0.0698. The molecule has 0 aliphatic heterocycles. The van der Waals surface area contributed by atoms with Crippen LogP contribution in [0.4, 0.5) is 0 Å². The van der Waals surface area contributed by atoms with Gasteiger partial charge in [-0.25, -0.2) is 0 Å². The Morgan fingerprint density at radius 1 is 1.56 bits per heavy atom. The first kappa shape index (κ1) is 12.8. The van der Waals surface area contributed by atoms with E-state index in [4.69, 9.17) is 5.73 Å². The molecule has 2 unspecified atom stereocenters. The molecule has 0 radical (unpaired) electrons. The van der Waals surface area contributed by atoms with Crippen LogP contribution in [0.1, 0.15) is 29.6 Å². The van der Waals surface area contributed by atoms with Crippen LogP contribution in [0.2, 0.25) is 0 Å². The minimum absolute atomic E-state index is 0.155. The number of hydrogen-bond donors (Lipinski definition) is 2. The quantitative estimate of drug-likeness (QED) is 0.822. The number of nitrogens with zero attached hydrogens (tertiary/aromatic N) is 1. The summed E-state index contributed by atoms with van der Waals surface area (Å²) in [6.45, 7) is 0.591. The third-order valence-corrected chi connectivity index (χ3v) is 3.79. The summed E-state index contributed by atoms with van der Waals surface area (Å²) in [7, 11) is 1.76. The van der Waals surface area contributed by atoms with Crippen LogP contribution in [-0.4, -0.2) is 35.4 Å². The lowest BCUT2D eigenvalue weighted by Gasteiger charge is -2.29. The van der Waals surface area contributed by atoms with Gasteiger partial charge in [0.05, 0.1) is 0 Å². The average molecular weight is 249 g/mol. The average Bonchev–Trinajstić information content (AvgIpc) is 2.86. The van der Waals surface area contributed by atoms with Crippen LogP contribution in [0.25, 0.3) is 0 Å². The fourth-order valence-electron chi connectivity index (χ4n) is 2.73. The third kappa shape index (κ3) is 2.31. The van der Waals surface area contributed by atoms with E-state index in [1.54, 1.807) is 11.9 Å². The Morgan fingerprint density at radius 3 is 3.00 bits per heavy atom. The van der Waals surface area contributed by atoms with E-state index in [0.717, 1.165) is 19.3 Å². The van der Waals surface area contributed by atoms with E-state index < -0.39 is 0 Å². The van der Waals surface area contributed by atoms with Gasteiger partial charge in [-0.05, 0) is 25.3 Å². The normalized spacial score (nSPS) is 23.0. The van der Waals surface area contributed by atoms with Crippen molar-refractivity contribution in [3.05, 3.63) is 34.2 Å². The highest BCUT2D eigenvalue weighted by molar-refractivity contribution is 5.93. The van der Waals surface area contributed by atoms with E-state index >= 15 is 0 Å². The van der Waals surface area contributed by atoms with Gasteiger partial charge in [-0.15, -0.1) is 0 Å². The second-order valence-corrected chi connectivity index (χ2v) is 4.83. The van der Waals surface area contributed by atoms with Crippen molar-refractivity contribution in [2.24, 2.45) is 11.7 Å². The van der Waals surface area contributed by atoms with Crippen molar-refractivity contribution < 1.29 is 4.79 Å². The number of pyridine rings is 1. The summed E-state index contributed by atoms with van der Waals surface area (Å²) in [6, 6.07) is 1.53. The van der Waals surface area contributed by atoms with E-state index in [0.29, 0.717) is 12.5 Å². The first-order valence-corrected chi connectivity index (χ1v) is 6.29. The Morgan fingerprint density at radius 2 is 2.33 bits per heavy atom. The maximum absolute atomic E-state index is 12.3. The van der Waals surface area contributed by atoms with Gasteiger partial charge in [0.1, 0.15) is 5.56 Å². The zero-order valence-electron chi connectivity index (χ0n) is 10.6. The number of aromatic amines is 1. The third-order valence-electron chi connectivity index (χ3n) is 3.79. The summed E-state index contributed by atoms with van der Waals surface area (Å²) >= 11 is 0. The van der Waals surface area contributed by atoms with Gasteiger partial charge >= 0.3 is 0 Å². The second kappa shape index (κ2) is 5.35. The van der Waals surface area contributed by atoms with Crippen LogP contribution in [0.5, 0.6) is 0 Å². The largest absolute Gasteiger partial charge is 0.367 e. The summed E-state index contributed by atoms with van der Waals surface area (Å²) < 4.78 is 0. The minimum Gasteiger partial charge on any atom is -0.367 e. The van der Waals surface area contributed by atoms with Crippen molar-refractivity contribution in [2.45, 2.75) is 25.3 Å². The number of rotatable bonds is 3. The summed E-state index contributed by atoms with van der Waals surface area (Å²) in [4.78, 5) is 28.4. The predicted molar refractivity (Wildman–Crippen MR) is 69.3 cm³/mol. The Balaban J connectivity index is 2.19. The summed E-state index contributed by atoms with van der Waals surface area (Å²) in [5, 5.41) is 0. The highest BCUT2D eigenvalue weighted by atomic mass is 16.2. The Kier molecular flexibility index (Phi) is 3.81. The standard InChI is InChI=1S/C13H19N3O2/c1-16(11-4-2-3-9(11)7-14)13(18)10-8-15-6-5-12(10)17/h5-6,8-9,11H,2-4,7,14H2,1H3,(H,15,17). The molecule has 1 fully saturated rings. The van der Waals surface area contributed by atoms with E-state index in [-0.39, 0.29) is 22.9 Å². The Labute approximate surface area is 106 Å². The van der Waals surface area contributed by atoms with E-state index in [1.807, 2.05) is 0 Å². The lowest BCUT2D eigenvalue weighted by atomic mass is 10.0. The molecule has 3 N–H and O–H groups in total. The fraction of sp³-hybridized carbons (Fsp3) is 0.538. The summed E-state index contributed by atoms with van der Waals surface area (Å²) in [5.74, 6) is 0.129. The molecule has 0 aromatic carbocycles. The first-order chi connectivity index (χ1) is 8.65. The lowest BCUT2D eigenvalue weighted by Crippen LogP contribution is -2.42. The van der Waals surface area contributed by atoms with Gasteiger partial charge < -0.3 is 15.6 Å². The molecule has 1 aromatic rings. The van der Waals surface area contributed by atoms with Gasteiger partial charge in [0.15, 0.2) is 5.43 Å². The highest BCUT2D eigenvalue weighted by Crippen LogP contribution is 2.28. The highest BCUT2D eigenvalue weighted by Gasteiger charge is 2.32. The molecule has 1 heterocycles. The number of nitrogens with one attached hydrogen (secondary N) is 1. The summed E-state index contributed by atoms with van der Waals surface area (Å²) in [5.41, 5.74) is 5.68. The number of carbonyl (C=O) groups excluding carboxylic acids is 1. The molecule has 1 saturated carbocycles. The molecule has 98 valence electrons. The predicted octanol–water partition coefficient (Wildman–Crippen LogP) is 0.574. The molecule has 1 amide bonds. The maximum atomic E-state index is 12.3. The SMILES string of the molecule is CN(C(=O)c1c[nH]ccc1=O)C1CCCC1CN. The number of carbonyl (C=O) groups is 1. The number of H-pyrrole nitrogens is 1. The summed E-state index contributed by atoms with van der Waals surface area (Å²) in [6.07, 6.45) is 6.11. The fourth-order valence-corrected chi connectivity index (χ4v) is 2.73. The van der Waals surface area contributed by atoms with Crippen LogP contribution in [0, 0.1) is 5.92 Å². The first-order valence-electron chi connectivity index (χ1n) is 6.29. The number of aromatic nitrogens is 1. The number of hydrogen-bond acceptors (Lipinski definition) is 3. The van der Waals surface area contributed by atoms with Crippen LogP contribution < -0.4 is 11.2 Å². The molecule has 0 bridgehead atoms.